The van der Waals surface area contributed by atoms with Crippen molar-refractivity contribution in [3.05, 3.63) is 29.8 Å². The number of rotatable bonds is 4. The summed E-state index contributed by atoms with van der Waals surface area (Å²) in [6, 6.07) is 6.43. The smallest absolute Gasteiger partial charge is 0.229 e. The minimum Gasteiger partial charge on any atom is -0.462 e. The van der Waals surface area contributed by atoms with Crippen LogP contribution >= 0.6 is 0 Å². The van der Waals surface area contributed by atoms with Gasteiger partial charge >= 0.3 is 0 Å². The summed E-state index contributed by atoms with van der Waals surface area (Å²) in [7, 11) is 0. The molecule has 1 fully saturated rings. The number of benzene rings is 1. The molecule has 0 aromatic heterocycles. The van der Waals surface area contributed by atoms with E-state index in [0.29, 0.717) is 11.3 Å². The summed E-state index contributed by atoms with van der Waals surface area (Å²) in [5.74, 6) is 0.367. The van der Waals surface area contributed by atoms with Crippen LogP contribution in [-0.4, -0.2) is 62.8 Å². The maximum atomic E-state index is 9.80. The highest BCUT2D eigenvalue weighted by molar-refractivity contribution is 5.27. The average molecular weight is 286 g/mol. The Labute approximate surface area is 115 Å². The first-order valence-electron chi connectivity index (χ1n) is 6.23. The lowest BCUT2D eigenvalue weighted by Gasteiger charge is -2.39. The van der Waals surface area contributed by atoms with Crippen molar-refractivity contribution in [3.63, 3.8) is 0 Å². The molecule has 3 unspecified atom stereocenters. The molecule has 0 aliphatic carbocycles. The zero-order valence-corrected chi connectivity index (χ0v) is 10.7. The molecule has 1 aliphatic heterocycles. The average Bonchev–Trinajstić information content (AvgIpc) is 2.48. The van der Waals surface area contributed by atoms with Gasteiger partial charge in [0.25, 0.3) is 0 Å². The Bertz CT molecular complexity index is 419. The van der Waals surface area contributed by atoms with Gasteiger partial charge in [0.15, 0.2) is 0 Å². The van der Waals surface area contributed by atoms with Crippen LogP contribution in [0.4, 0.5) is 0 Å². The summed E-state index contributed by atoms with van der Waals surface area (Å²) in [5.41, 5.74) is 0.700. The summed E-state index contributed by atoms with van der Waals surface area (Å²) < 4.78 is 10.6. The zero-order chi connectivity index (χ0) is 14.7. The normalized spacial score (nSPS) is 34.0. The fourth-order valence-electron chi connectivity index (χ4n) is 1.97. The molecule has 1 aromatic carbocycles. The van der Waals surface area contributed by atoms with Crippen molar-refractivity contribution >= 4 is 0 Å². The van der Waals surface area contributed by atoms with Crippen LogP contribution in [0.2, 0.25) is 0 Å². The van der Waals surface area contributed by atoms with Gasteiger partial charge in [-0.1, -0.05) is 12.1 Å². The van der Waals surface area contributed by atoms with Gasteiger partial charge in [-0.15, -0.1) is 0 Å². The van der Waals surface area contributed by atoms with Crippen LogP contribution in [-0.2, 0) is 11.3 Å². The van der Waals surface area contributed by atoms with Gasteiger partial charge in [-0.3, -0.25) is 0 Å². The molecule has 0 saturated carbocycles. The fourth-order valence-corrected chi connectivity index (χ4v) is 1.97. The van der Waals surface area contributed by atoms with E-state index in [1.165, 1.54) is 0 Å². The predicted octanol–water partition coefficient (Wildman–Crippen LogP) is -1.64. The van der Waals surface area contributed by atoms with E-state index in [4.69, 9.17) is 19.7 Å². The molecule has 20 heavy (non-hydrogen) atoms. The Morgan fingerprint density at radius 1 is 0.950 bits per heavy atom. The Kier molecular flexibility index (Phi) is 4.92. The lowest BCUT2D eigenvalue weighted by Crippen LogP contribution is -2.60. The van der Waals surface area contributed by atoms with E-state index in [0.717, 1.165) is 0 Å². The summed E-state index contributed by atoms with van der Waals surface area (Å²) in [5, 5.41) is 47.0. The molecule has 0 bridgehead atoms. The number of aliphatic hydroxyl groups excluding tert-OH is 5. The van der Waals surface area contributed by atoms with Crippen LogP contribution in [0.1, 0.15) is 5.56 Å². The van der Waals surface area contributed by atoms with Gasteiger partial charge in [-0.25, -0.2) is 0 Å². The molecule has 0 radical (unpaired) electrons. The van der Waals surface area contributed by atoms with Gasteiger partial charge in [-0.2, -0.15) is 0 Å². The molecule has 1 saturated heterocycles. The largest absolute Gasteiger partial charge is 0.462 e. The minimum atomic E-state index is -1.47. The van der Waals surface area contributed by atoms with Crippen LogP contribution in [0.15, 0.2) is 24.3 Å². The van der Waals surface area contributed by atoms with Crippen molar-refractivity contribution in [1.82, 2.24) is 0 Å². The molecule has 2 rings (SSSR count). The molecular formula is C13H18O7. The number of hydrogen-bond acceptors (Lipinski definition) is 7. The second-order valence-electron chi connectivity index (χ2n) is 4.62. The highest BCUT2D eigenvalue weighted by Gasteiger charge is 2.44. The van der Waals surface area contributed by atoms with E-state index in [9.17, 15) is 15.3 Å². The highest BCUT2D eigenvalue weighted by atomic mass is 16.7. The zero-order valence-electron chi connectivity index (χ0n) is 10.7. The molecule has 5 atom stereocenters. The molecule has 7 heteroatoms. The first kappa shape index (κ1) is 15.2. The maximum Gasteiger partial charge on any atom is 0.229 e. The predicted molar refractivity (Wildman–Crippen MR) is 66.8 cm³/mol. The lowest BCUT2D eigenvalue weighted by atomic mass is 9.99. The lowest BCUT2D eigenvalue weighted by molar-refractivity contribution is -0.277. The van der Waals surface area contributed by atoms with Crippen molar-refractivity contribution < 1.29 is 35.0 Å². The van der Waals surface area contributed by atoms with E-state index >= 15 is 0 Å². The number of ether oxygens (including phenoxy) is 2. The van der Waals surface area contributed by atoms with Crippen LogP contribution in [0.3, 0.4) is 0 Å². The van der Waals surface area contributed by atoms with Crippen molar-refractivity contribution in [2.24, 2.45) is 0 Å². The standard InChI is InChI=1S/C13H18O7/c14-5-7-1-3-8(4-2-7)19-13-12(18)11(17)10(16)9(6-15)20-13/h1-4,9-18H,5-6H2/t9?,10-,11?,12?,13-/m1/s1. The van der Waals surface area contributed by atoms with Gasteiger partial charge in [-0.05, 0) is 17.7 Å². The van der Waals surface area contributed by atoms with E-state index in [2.05, 4.69) is 0 Å². The maximum absolute atomic E-state index is 9.80. The SMILES string of the molecule is OCc1ccc(O[C@@H]2OC(CO)[C@@H](O)C(O)C2O)cc1. The van der Waals surface area contributed by atoms with Gasteiger partial charge < -0.3 is 35.0 Å². The number of hydrogen-bond donors (Lipinski definition) is 5. The quantitative estimate of drug-likeness (QED) is 0.450. The third-order valence-corrected chi connectivity index (χ3v) is 3.21. The number of aliphatic hydroxyl groups is 5. The molecule has 1 heterocycles. The van der Waals surface area contributed by atoms with Crippen LogP contribution < -0.4 is 4.74 Å². The topological polar surface area (TPSA) is 120 Å². The first-order valence-corrected chi connectivity index (χ1v) is 6.23. The van der Waals surface area contributed by atoms with Crippen LogP contribution in [0.5, 0.6) is 5.75 Å². The Hall–Kier alpha value is -1.22. The summed E-state index contributed by atoms with van der Waals surface area (Å²) in [6.07, 6.45) is -6.53. The van der Waals surface area contributed by atoms with Gasteiger partial charge in [0.1, 0.15) is 30.2 Å². The van der Waals surface area contributed by atoms with Crippen molar-refractivity contribution in [2.75, 3.05) is 6.61 Å². The Morgan fingerprint density at radius 3 is 2.15 bits per heavy atom. The molecule has 5 N–H and O–H groups in total. The summed E-state index contributed by atoms with van der Waals surface area (Å²) >= 11 is 0. The van der Waals surface area contributed by atoms with Crippen molar-refractivity contribution in [3.8, 4) is 5.75 Å². The van der Waals surface area contributed by atoms with E-state index < -0.39 is 37.3 Å². The molecular weight excluding hydrogens is 268 g/mol. The van der Waals surface area contributed by atoms with Crippen LogP contribution in [0.25, 0.3) is 0 Å². The van der Waals surface area contributed by atoms with Crippen molar-refractivity contribution in [1.29, 1.82) is 0 Å². The molecule has 1 aliphatic rings. The molecule has 0 amide bonds. The third-order valence-electron chi connectivity index (χ3n) is 3.21. The second kappa shape index (κ2) is 6.49. The third kappa shape index (κ3) is 3.09. The van der Waals surface area contributed by atoms with Gasteiger partial charge in [0.2, 0.25) is 6.29 Å². The Morgan fingerprint density at radius 2 is 1.60 bits per heavy atom. The van der Waals surface area contributed by atoms with Crippen LogP contribution in [0, 0.1) is 0 Å². The molecule has 112 valence electrons. The van der Waals surface area contributed by atoms with Crippen molar-refractivity contribution in [2.45, 2.75) is 37.3 Å². The van der Waals surface area contributed by atoms with E-state index in [1.54, 1.807) is 24.3 Å². The molecule has 7 nitrogen and oxygen atoms in total. The molecule has 1 aromatic rings. The minimum absolute atomic E-state index is 0.0969. The Balaban J connectivity index is 2.06. The summed E-state index contributed by atoms with van der Waals surface area (Å²) in [4.78, 5) is 0. The second-order valence-corrected chi connectivity index (χ2v) is 4.62. The monoisotopic (exact) mass is 286 g/mol. The van der Waals surface area contributed by atoms with Gasteiger partial charge in [0, 0.05) is 0 Å². The van der Waals surface area contributed by atoms with E-state index in [1.807, 2.05) is 0 Å². The molecule has 0 spiro atoms. The summed E-state index contributed by atoms with van der Waals surface area (Å²) in [6.45, 7) is -0.603. The van der Waals surface area contributed by atoms with Gasteiger partial charge in [0.05, 0.1) is 13.2 Å². The van der Waals surface area contributed by atoms with E-state index in [-0.39, 0.29) is 6.61 Å². The highest BCUT2D eigenvalue weighted by Crippen LogP contribution is 2.24. The first-order chi connectivity index (χ1) is 9.56. The fraction of sp³-hybridized carbons (Fsp3) is 0.538.